The molecule has 2 N–H and O–H groups in total. The first-order valence-corrected chi connectivity index (χ1v) is 6.68. The Morgan fingerprint density at radius 3 is 2.30 bits per heavy atom. The first-order valence-electron chi connectivity index (χ1n) is 6.68. The summed E-state index contributed by atoms with van der Waals surface area (Å²) in [5, 5.41) is 12.4. The molecular weight excluding hydrogens is 314 g/mol. The molecule has 0 bridgehead atoms. The highest BCUT2D eigenvalue weighted by Crippen LogP contribution is 2.20. The van der Waals surface area contributed by atoms with Gasteiger partial charge in [0.25, 0.3) is 5.91 Å². The van der Waals surface area contributed by atoms with Gasteiger partial charge in [0, 0.05) is 6.07 Å². The number of rotatable bonds is 4. The van der Waals surface area contributed by atoms with Gasteiger partial charge in [0.2, 0.25) is 0 Å². The molecule has 7 heteroatoms. The maximum absolute atomic E-state index is 13.5. The first kappa shape index (κ1) is 17.0. The molecule has 0 saturated carbocycles. The van der Waals surface area contributed by atoms with E-state index in [1.54, 1.807) is 0 Å². The molecule has 0 aliphatic carbocycles. The highest BCUT2D eigenvalue weighted by Gasteiger charge is 2.22. The highest BCUT2D eigenvalue weighted by atomic mass is 19.2. The lowest BCUT2D eigenvalue weighted by molar-refractivity contribution is 0.0847. The molecule has 0 aromatic heterocycles. The lowest BCUT2D eigenvalue weighted by Crippen LogP contribution is -2.37. The van der Waals surface area contributed by atoms with Gasteiger partial charge >= 0.3 is 0 Å². The fourth-order valence-electron chi connectivity index (χ4n) is 2.02. The molecule has 0 fully saturated rings. The van der Waals surface area contributed by atoms with Crippen molar-refractivity contribution in [2.45, 2.75) is 19.1 Å². The molecule has 1 amide bonds. The molecule has 0 aliphatic rings. The van der Waals surface area contributed by atoms with Crippen LogP contribution in [-0.2, 0) is 0 Å². The second-order valence-electron chi connectivity index (χ2n) is 5.00. The number of benzene rings is 2. The minimum Gasteiger partial charge on any atom is -0.386 e. The fraction of sp³-hybridized carbons (Fsp3) is 0.188. The Balaban J connectivity index is 2.12. The summed E-state index contributed by atoms with van der Waals surface area (Å²) in [6, 6.07) is 4.36. The van der Waals surface area contributed by atoms with Crippen molar-refractivity contribution in [3.8, 4) is 0 Å². The van der Waals surface area contributed by atoms with Crippen LogP contribution in [0.3, 0.4) is 0 Å². The number of aliphatic hydroxyl groups excluding tert-OH is 1. The Morgan fingerprint density at radius 2 is 1.70 bits per heavy atom. The third kappa shape index (κ3) is 3.87. The Kier molecular flexibility index (Phi) is 5.00. The lowest BCUT2D eigenvalue weighted by atomic mass is 10.0. The molecule has 2 aromatic carbocycles. The summed E-state index contributed by atoms with van der Waals surface area (Å²) in [5.74, 6) is -4.93. The smallest absolute Gasteiger partial charge is 0.254 e. The SMILES string of the molecule is CC(NC(=O)c1ccc(F)cc1F)C(O)c1ccc(F)c(F)c1. The van der Waals surface area contributed by atoms with E-state index in [9.17, 15) is 27.5 Å². The highest BCUT2D eigenvalue weighted by molar-refractivity contribution is 5.94. The third-order valence-corrected chi connectivity index (χ3v) is 3.29. The van der Waals surface area contributed by atoms with Gasteiger partial charge in [0.15, 0.2) is 11.6 Å². The molecular formula is C16H13F4NO2. The summed E-state index contributed by atoms with van der Waals surface area (Å²) in [4.78, 5) is 11.9. The average molecular weight is 327 g/mol. The van der Waals surface area contributed by atoms with Gasteiger partial charge in [-0.1, -0.05) is 6.07 Å². The van der Waals surface area contributed by atoms with Crippen LogP contribution in [-0.4, -0.2) is 17.1 Å². The maximum Gasteiger partial charge on any atom is 0.254 e. The van der Waals surface area contributed by atoms with Crippen LogP contribution >= 0.6 is 0 Å². The topological polar surface area (TPSA) is 49.3 Å². The van der Waals surface area contributed by atoms with E-state index in [-0.39, 0.29) is 5.56 Å². The Labute approximate surface area is 129 Å². The molecule has 23 heavy (non-hydrogen) atoms. The van der Waals surface area contributed by atoms with Gasteiger partial charge in [-0.2, -0.15) is 0 Å². The molecule has 2 atom stereocenters. The number of aliphatic hydroxyl groups is 1. The summed E-state index contributed by atoms with van der Waals surface area (Å²) < 4.78 is 52.4. The van der Waals surface area contributed by atoms with E-state index in [0.29, 0.717) is 6.07 Å². The Morgan fingerprint density at radius 1 is 1.00 bits per heavy atom. The zero-order chi connectivity index (χ0) is 17.1. The van der Waals surface area contributed by atoms with Crippen LogP contribution < -0.4 is 5.32 Å². The summed E-state index contributed by atoms with van der Waals surface area (Å²) in [7, 11) is 0. The maximum atomic E-state index is 13.5. The van der Waals surface area contributed by atoms with Crippen LogP contribution in [0, 0.1) is 23.3 Å². The van der Waals surface area contributed by atoms with E-state index in [1.165, 1.54) is 13.0 Å². The summed E-state index contributed by atoms with van der Waals surface area (Å²) in [6.07, 6.45) is -1.34. The number of halogens is 4. The van der Waals surface area contributed by atoms with Crippen LogP contribution in [0.15, 0.2) is 36.4 Å². The molecule has 2 rings (SSSR count). The third-order valence-electron chi connectivity index (χ3n) is 3.29. The molecule has 0 heterocycles. The zero-order valence-electron chi connectivity index (χ0n) is 12.0. The van der Waals surface area contributed by atoms with Crippen molar-refractivity contribution >= 4 is 5.91 Å². The molecule has 2 aromatic rings. The summed E-state index contributed by atoms with van der Waals surface area (Å²) >= 11 is 0. The van der Waals surface area contributed by atoms with Crippen LogP contribution in [0.1, 0.15) is 28.9 Å². The van der Waals surface area contributed by atoms with E-state index < -0.39 is 46.9 Å². The van der Waals surface area contributed by atoms with Crippen molar-refractivity contribution in [3.05, 3.63) is 70.8 Å². The van der Waals surface area contributed by atoms with Gasteiger partial charge in [-0.3, -0.25) is 4.79 Å². The van der Waals surface area contributed by atoms with Crippen molar-refractivity contribution in [1.29, 1.82) is 0 Å². The van der Waals surface area contributed by atoms with Gasteiger partial charge in [0.1, 0.15) is 11.6 Å². The predicted octanol–water partition coefficient (Wildman–Crippen LogP) is 3.09. The van der Waals surface area contributed by atoms with Gasteiger partial charge < -0.3 is 10.4 Å². The largest absolute Gasteiger partial charge is 0.386 e. The lowest BCUT2D eigenvalue weighted by Gasteiger charge is -2.21. The summed E-state index contributed by atoms with van der Waals surface area (Å²) in [6.45, 7) is 1.41. The summed E-state index contributed by atoms with van der Waals surface area (Å²) in [5.41, 5.74) is -0.341. The van der Waals surface area contributed by atoms with Crippen LogP contribution in [0.2, 0.25) is 0 Å². The Bertz CT molecular complexity index is 736. The quantitative estimate of drug-likeness (QED) is 0.848. The molecule has 0 saturated heterocycles. The Hall–Kier alpha value is -2.41. The number of carbonyl (C=O) groups is 1. The predicted molar refractivity (Wildman–Crippen MR) is 74.6 cm³/mol. The molecule has 122 valence electrons. The second-order valence-corrected chi connectivity index (χ2v) is 5.00. The van der Waals surface area contributed by atoms with E-state index in [2.05, 4.69) is 5.32 Å². The minimum atomic E-state index is -1.34. The van der Waals surface area contributed by atoms with Crippen molar-refractivity contribution in [2.24, 2.45) is 0 Å². The van der Waals surface area contributed by atoms with Crippen LogP contribution in [0.5, 0.6) is 0 Å². The van der Waals surface area contributed by atoms with E-state index in [0.717, 1.165) is 24.3 Å². The number of amides is 1. The number of carbonyl (C=O) groups excluding carboxylic acids is 1. The van der Waals surface area contributed by atoms with E-state index >= 15 is 0 Å². The van der Waals surface area contributed by atoms with Gasteiger partial charge in [-0.25, -0.2) is 17.6 Å². The van der Waals surface area contributed by atoms with Crippen molar-refractivity contribution in [3.63, 3.8) is 0 Å². The van der Waals surface area contributed by atoms with Crippen molar-refractivity contribution < 1.29 is 27.5 Å². The van der Waals surface area contributed by atoms with E-state index in [4.69, 9.17) is 0 Å². The molecule has 3 nitrogen and oxygen atoms in total. The molecule has 0 aliphatic heterocycles. The second kappa shape index (κ2) is 6.78. The first-order chi connectivity index (χ1) is 10.8. The number of hydrogen-bond acceptors (Lipinski definition) is 2. The fourth-order valence-corrected chi connectivity index (χ4v) is 2.02. The molecule has 0 radical (unpaired) electrons. The average Bonchev–Trinajstić information content (AvgIpc) is 2.49. The monoisotopic (exact) mass is 327 g/mol. The number of hydrogen-bond donors (Lipinski definition) is 2. The van der Waals surface area contributed by atoms with Crippen LogP contribution in [0.4, 0.5) is 17.6 Å². The number of nitrogens with one attached hydrogen (secondary N) is 1. The van der Waals surface area contributed by atoms with Gasteiger partial charge in [0.05, 0.1) is 17.7 Å². The van der Waals surface area contributed by atoms with Gasteiger partial charge in [-0.15, -0.1) is 0 Å². The zero-order valence-corrected chi connectivity index (χ0v) is 12.0. The van der Waals surface area contributed by atoms with Crippen molar-refractivity contribution in [1.82, 2.24) is 5.32 Å². The van der Waals surface area contributed by atoms with E-state index in [1.807, 2.05) is 0 Å². The molecule has 2 unspecified atom stereocenters. The minimum absolute atomic E-state index is 0.0521. The normalized spacial score (nSPS) is 13.5. The van der Waals surface area contributed by atoms with Gasteiger partial charge in [-0.05, 0) is 36.8 Å². The molecule has 0 spiro atoms. The van der Waals surface area contributed by atoms with Crippen molar-refractivity contribution in [2.75, 3.05) is 0 Å². The van der Waals surface area contributed by atoms with Crippen LogP contribution in [0.25, 0.3) is 0 Å². The standard InChI is InChI=1S/C16H13F4NO2/c1-8(15(22)9-2-5-12(18)14(20)6-9)21-16(23)11-4-3-10(17)7-13(11)19/h2-8,15,22H,1H3,(H,21,23).